The molecule has 0 saturated heterocycles. The van der Waals surface area contributed by atoms with Crippen LogP contribution in [0.2, 0.25) is 0 Å². The summed E-state index contributed by atoms with van der Waals surface area (Å²) in [6, 6.07) is 54.1. The molecule has 1 N–H and O–H groups in total. The fourth-order valence-corrected chi connectivity index (χ4v) is 6.58. The third kappa shape index (κ3) is 4.92. The first kappa shape index (κ1) is 29.6. The number of phenols is 1. The number of benzene rings is 6. The first-order valence-corrected chi connectivity index (χ1v) is 15.5. The molecule has 0 spiro atoms. The van der Waals surface area contributed by atoms with Crippen LogP contribution in [-0.4, -0.2) is 14.7 Å². The minimum Gasteiger partial charge on any atom is -0.507 e. The van der Waals surface area contributed by atoms with E-state index in [0.29, 0.717) is 22.9 Å². The predicted molar refractivity (Wildman–Crippen MR) is 184 cm³/mol. The van der Waals surface area contributed by atoms with Crippen LogP contribution in [0.5, 0.6) is 17.4 Å². The summed E-state index contributed by atoms with van der Waals surface area (Å²) in [6.45, 7) is 0. The van der Waals surface area contributed by atoms with Crippen molar-refractivity contribution in [2.75, 3.05) is 0 Å². The third-order valence-corrected chi connectivity index (χ3v) is 8.66. The summed E-state index contributed by atoms with van der Waals surface area (Å²) in [7, 11) is 0. The summed E-state index contributed by atoms with van der Waals surface area (Å²) >= 11 is 0. The van der Waals surface area contributed by atoms with E-state index in [9.17, 15) is 5.11 Å². The average Bonchev–Trinajstić information content (AvgIpc) is 3.53. The molecule has 0 bridgehead atoms. The summed E-state index contributed by atoms with van der Waals surface area (Å²) < 4.78 is 10.5. The van der Waals surface area contributed by atoms with Gasteiger partial charge in [-0.15, -0.1) is 12.1 Å². The van der Waals surface area contributed by atoms with E-state index in [1.807, 2.05) is 47.0 Å². The van der Waals surface area contributed by atoms with E-state index in [4.69, 9.17) is 4.74 Å². The zero-order chi connectivity index (χ0) is 31.3. The van der Waals surface area contributed by atoms with E-state index in [1.165, 1.54) is 16.7 Å². The molecule has 0 amide bonds. The van der Waals surface area contributed by atoms with Crippen LogP contribution in [0.3, 0.4) is 0 Å². The number of phenolic OH excluding ortho intramolecular Hbond substituents is 1. The summed E-state index contributed by atoms with van der Waals surface area (Å²) in [6.07, 6.45) is 3.69. The molecule has 6 heteroatoms. The van der Waals surface area contributed by atoms with Crippen molar-refractivity contribution in [2.24, 2.45) is 0 Å². The fourth-order valence-electron chi connectivity index (χ4n) is 6.58. The monoisotopic (exact) mass is 799 g/mol. The average molecular weight is 800 g/mol. The number of imidazole rings is 1. The number of ether oxygens (including phenoxy) is 1. The van der Waals surface area contributed by atoms with Gasteiger partial charge in [0.1, 0.15) is 5.75 Å². The van der Waals surface area contributed by atoms with Gasteiger partial charge in [-0.2, -0.15) is 12.1 Å². The second kappa shape index (κ2) is 12.1. The largest absolute Gasteiger partial charge is 2.00 e. The Kier molecular flexibility index (Phi) is 7.47. The first-order valence-electron chi connectivity index (χ1n) is 15.5. The van der Waals surface area contributed by atoms with Crippen molar-refractivity contribution in [2.45, 2.75) is 0 Å². The maximum absolute atomic E-state index is 10.4. The van der Waals surface area contributed by atoms with Crippen LogP contribution in [0.1, 0.15) is 0 Å². The minimum atomic E-state index is 0. The molecule has 48 heavy (non-hydrogen) atoms. The first-order chi connectivity index (χ1) is 23.2. The van der Waals surface area contributed by atoms with E-state index in [1.54, 1.807) is 18.2 Å². The molecule has 6 aromatic carbocycles. The number of hydrogen-bond acceptors (Lipinski definition) is 3. The molecule has 0 radical (unpaired) electrons. The smallest absolute Gasteiger partial charge is 0.507 e. The number of rotatable bonds is 4. The maximum atomic E-state index is 10.4. The Morgan fingerprint density at radius 3 is 1.90 bits per heavy atom. The molecule has 0 fully saturated rings. The van der Waals surface area contributed by atoms with Gasteiger partial charge in [0.15, 0.2) is 0 Å². The van der Waals surface area contributed by atoms with Crippen LogP contribution in [0.15, 0.2) is 152 Å². The number of aromatic nitrogens is 3. The maximum Gasteiger partial charge on any atom is 2.00 e. The second-order valence-electron chi connectivity index (χ2n) is 11.4. The molecule has 0 unspecified atom stereocenters. The zero-order valence-electron chi connectivity index (χ0n) is 25.4. The SMILES string of the molecule is Oc1ccccc1-c1cccc(Oc2[c-]c(-n3[c-][n+]4c5c(cccc53)-c3ccccc3-c3ccccc3-c3ccccc3-4)ccc2)n1.[Pt+2]. The Balaban J connectivity index is 0.00000336. The second-order valence-corrected chi connectivity index (χ2v) is 11.4. The van der Waals surface area contributed by atoms with Crippen molar-refractivity contribution in [1.29, 1.82) is 0 Å². The molecule has 8 aromatic rings. The minimum absolute atomic E-state index is 0. The topological polar surface area (TPSA) is 51.2 Å². The van der Waals surface area contributed by atoms with Crippen molar-refractivity contribution in [3.8, 4) is 73.4 Å². The molecule has 230 valence electrons. The standard InChI is InChI=1S/C42H26N3O2.Pt/c46-40-24-8-6-19-36(40)37-21-11-25-41(43-37)47-29-13-9-12-28(26-29)44-27-45-38-22-7-5-18-34(38)32-16-3-1-14-30(32)31-15-2-4-17-33(31)35-20-10-23-39(44)42(35)45;/h1-25,46H;/q-1;+2. The van der Waals surface area contributed by atoms with Crippen LogP contribution >= 0.6 is 0 Å². The Labute approximate surface area is 292 Å². The molecule has 1 aliphatic heterocycles. The van der Waals surface area contributed by atoms with Gasteiger partial charge in [-0.3, -0.25) is 4.57 Å². The zero-order valence-corrected chi connectivity index (χ0v) is 27.7. The normalized spacial score (nSPS) is 11.2. The van der Waals surface area contributed by atoms with Gasteiger partial charge < -0.3 is 14.4 Å². The van der Waals surface area contributed by atoms with E-state index in [0.717, 1.165) is 39.1 Å². The Hall–Kier alpha value is -5.77. The van der Waals surface area contributed by atoms with Crippen molar-refractivity contribution in [3.63, 3.8) is 0 Å². The van der Waals surface area contributed by atoms with Crippen molar-refractivity contribution in [3.05, 3.63) is 164 Å². The Morgan fingerprint density at radius 1 is 0.562 bits per heavy atom. The Morgan fingerprint density at radius 2 is 1.15 bits per heavy atom. The molecule has 1 aliphatic rings. The molecular formula is C42H26N3O2Pt+. The number of fused-ring (bicyclic) bond motifs is 7. The van der Waals surface area contributed by atoms with Crippen molar-refractivity contribution < 1.29 is 35.5 Å². The van der Waals surface area contributed by atoms with Gasteiger partial charge in [-0.25, -0.2) is 4.98 Å². The fraction of sp³-hybridized carbons (Fsp3) is 0. The van der Waals surface area contributed by atoms with E-state index in [2.05, 4.69) is 113 Å². The molecule has 9 rings (SSSR count). The van der Waals surface area contributed by atoms with Gasteiger partial charge in [-0.05, 0) is 63.3 Å². The summed E-state index contributed by atoms with van der Waals surface area (Å²) in [5.41, 5.74) is 12.1. The molecule has 0 saturated carbocycles. The molecule has 0 atom stereocenters. The van der Waals surface area contributed by atoms with Gasteiger partial charge in [0.25, 0.3) is 6.33 Å². The van der Waals surface area contributed by atoms with Gasteiger partial charge >= 0.3 is 21.1 Å². The van der Waals surface area contributed by atoms with Crippen molar-refractivity contribution in [1.82, 2.24) is 9.55 Å². The van der Waals surface area contributed by atoms with Gasteiger partial charge in [0.05, 0.1) is 22.4 Å². The van der Waals surface area contributed by atoms with Gasteiger partial charge in [0.2, 0.25) is 5.88 Å². The van der Waals surface area contributed by atoms with E-state index in [-0.39, 0.29) is 26.8 Å². The summed E-state index contributed by atoms with van der Waals surface area (Å²) in [5.74, 6) is 1.09. The van der Waals surface area contributed by atoms with E-state index >= 15 is 0 Å². The summed E-state index contributed by atoms with van der Waals surface area (Å²) in [4.78, 5) is 4.66. The van der Waals surface area contributed by atoms with Gasteiger partial charge in [0, 0.05) is 17.4 Å². The van der Waals surface area contributed by atoms with Crippen molar-refractivity contribution >= 4 is 11.0 Å². The number of nitrogens with zero attached hydrogens (tertiary/aromatic N) is 3. The van der Waals surface area contributed by atoms with E-state index < -0.39 is 0 Å². The molecule has 5 nitrogen and oxygen atoms in total. The number of pyridine rings is 1. The predicted octanol–water partition coefficient (Wildman–Crippen LogP) is 9.38. The summed E-state index contributed by atoms with van der Waals surface area (Å²) in [5, 5.41) is 10.4. The number of para-hydroxylation sites is 3. The van der Waals surface area contributed by atoms with Crippen LogP contribution in [0.25, 0.3) is 67.0 Å². The number of aromatic hydroxyl groups is 1. The van der Waals surface area contributed by atoms with Crippen LogP contribution < -0.4 is 9.30 Å². The Bertz CT molecular complexity index is 2490. The van der Waals surface area contributed by atoms with Crippen LogP contribution in [0.4, 0.5) is 0 Å². The molecule has 3 heterocycles. The quantitative estimate of drug-likeness (QED) is 0.143. The van der Waals surface area contributed by atoms with Crippen LogP contribution in [-0.2, 0) is 21.1 Å². The molecule has 2 aromatic heterocycles. The van der Waals surface area contributed by atoms with Crippen LogP contribution in [0, 0.1) is 12.4 Å². The third-order valence-electron chi connectivity index (χ3n) is 8.66. The number of hydrogen-bond donors (Lipinski definition) is 1. The van der Waals surface area contributed by atoms with Gasteiger partial charge in [-0.1, -0.05) is 103 Å². The molecular weight excluding hydrogens is 774 g/mol. The molecule has 0 aliphatic carbocycles.